The molecule has 4 N–H and O–H groups in total. The van der Waals surface area contributed by atoms with Crippen molar-refractivity contribution in [3.8, 4) is 11.5 Å². The molecule has 0 bridgehead atoms. The molecule has 10 heteroatoms. The molecule has 2 amide bonds. The number of oxazole rings is 1. The van der Waals surface area contributed by atoms with Crippen LogP contribution in [0.5, 0.6) is 0 Å². The van der Waals surface area contributed by atoms with Crippen LogP contribution in [0.1, 0.15) is 72.5 Å². The Bertz CT molecular complexity index is 1190. The number of nitrogens with two attached hydrogens (primary N) is 1. The van der Waals surface area contributed by atoms with E-state index in [2.05, 4.69) is 32.6 Å². The van der Waals surface area contributed by atoms with Gasteiger partial charge in [-0.05, 0) is 62.5 Å². The summed E-state index contributed by atoms with van der Waals surface area (Å²) in [7, 11) is 0. The zero-order chi connectivity index (χ0) is 23.7. The van der Waals surface area contributed by atoms with Crippen molar-refractivity contribution in [1.29, 1.82) is 0 Å². The Labute approximate surface area is 197 Å². The van der Waals surface area contributed by atoms with Crippen LogP contribution < -0.4 is 16.4 Å². The molecule has 3 aromatic heterocycles. The number of carbonyl (C=O) groups excluding carboxylic acids is 2. The van der Waals surface area contributed by atoms with Gasteiger partial charge < -0.3 is 20.8 Å². The molecule has 34 heavy (non-hydrogen) atoms. The fourth-order valence-corrected chi connectivity index (χ4v) is 4.29. The predicted molar refractivity (Wildman–Crippen MR) is 126 cm³/mol. The lowest BCUT2D eigenvalue weighted by Crippen LogP contribution is -2.19. The second-order valence-corrected chi connectivity index (χ2v) is 9.40. The summed E-state index contributed by atoms with van der Waals surface area (Å²) in [5.74, 6) is 1.26. The molecule has 3 aromatic rings. The molecule has 2 fully saturated rings. The van der Waals surface area contributed by atoms with Crippen molar-refractivity contribution in [2.75, 3.05) is 17.2 Å². The third-order valence-electron chi connectivity index (χ3n) is 6.59. The Morgan fingerprint density at radius 2 is 2.00 bits per heavy atom. The van der Waals surface area contributed by atoms with Crippen LogP contribution in [0.3, 0.4) is 0 Å². The minimum Gasteiger partial charge on any atom is -0.444 e. The molecule has 178 valence electrons. The van der Waals surface area contributed by atoms with Crippen LogP contribution in [0, 0.1) is 11.8 Å². The first-order chi connectivity index (χ1) is 16.5. The largest absolute Gasteiger partial charge is 0.444 e. The molecule has 2 saturated carbocycles. The molecule has 3 heterocycles. The van der Waals surface area contributed by atoms with Gasteiger partial charge in [0.25, 0.3) is 11.8 Å². The third kappa shape index (κ3) is 4.95. The van der Waals surface area contributed by atoms with E-state index < -0.39 is 11.8 Å². The van der Waals surface area contributed by atoms with Crippen molar-refractivity contribution in [3.05, 3.63) is 42.2 Å². The van der Waals surface area contributed by atoms with E-state index in [1.54, 1.807) is 23.1 Å². The highest BCUT2D eigenvalue weighted by molar-refractivity contribution is 6.07. The van der Waals surface area contributed by atoms with E-state index in [1.165, 1.54) is 19.1 Å². The van der Waals surface area contributed by atoms with Gasteiger partial charge in [0.1, 0.15) is 12.1 Å². The van der Waals surface area contributed by atoms with E-state index in [1.807, 2.05) is 6.07 Å². The summed E-state index contributed by atoms with van der Waals surface area (Å²) in [5, 5.41) is 10.4. The number of carbonyl (C=O) groups is 2. The van der Waals surface area contributed by atoms with Gasteiger partial charge >= 0.3 is 0 Å². The lowest BCUT2D eigenvalue weighted by Gasteiger charge is -2.26. The molecular formula is C24H29N7O3. The van der Waals surface area contributed by atoms with Crippen molar-refractivity contribution in [2.45, 2.75) is 51.5 Å². The van der Waals surface area contributed by atoms with E-state index >= 15 is 0 Å². The minimum absolute atomic E-state index is 0.0382. The summed E-state index contributed by atoms with van der Waals surface area (Å²) in [6.07, 6.45) is 11.3. The maximum Gasteiger partial charge on any atom is 0.277 e. The van der Waals surface area contributed by atoms with Gasteiger partial charge in [-0.15, -0.1) is 0 Å². The maximum absolute atomic E-state index is 12.9. The monoisotopic (exact) mass is 463 g/mol. The Balaban J connectivity index is 1.29. The second-order valence-electron chi connectivity index (χ2n) is 9.40. The zero-order valence-corrected chi connectivity index (χ0v) is 19.2. The first kappa shape index (κ1) is 22.1. The van der Waals surface area contributed by atoms with Crippen molar-refractivity contribution < 1.29 is 14.0 Å². The number of rotatable bonds is 8. The molecule has 10 nitrogen and oxygen atoms in total. The standard InChI is InChI=1S/C24H29N7O3/c1-14-2-6-17(7-3-14)31-12-18(21(30-31)22(25)32)28-23(33)19-13-34-24(29-19)16-8-9-26-20(10-16)27-11-15-4-5-15/h8-10,12-15,17H,2-7,11H2,1H3,(H2,25,32)(H,26,27)(H,28,33). The lowest BCUT2D eigenvalue weighted by molar-refractivity contribution is 0.0994. The van der Waals surface area contributed by atoms with Crippen LogP contribution in [0.2, 0.25) is 0 Å². The van der Waals surface area contributed by atoms with Crippen molar-refractivity contribution in [3.63, 3.8) is 0 Å². The Kier molecular flexibility index (Phi) is 6.04. The number of nitrogens with one attached hydrogen (secondary N) is 2. The number of nitrogens with zero attached hydrogens (tertiary/aromatic N) is 4. The summed E-state index contributed by atoms with van der Waals surface area (Å²) in [6, 6.07) is 3.81. The molecule has 5 rings (SSSR count). The van der Waals surface area contributed by atoms with Crippen LogP contribution in [-0.2, 0) is 0 Å². The number of amides is 2. The van der Waals surface area contributed by atoms with Crippen LogP contribution in [-0.4, -0.2) is 38.1 Å². The van der Waals surface area contributed by atoms with Crippen molar-refractivity contribution in [2.24, 2.45) is 17.6 Å². The minimum atomic E-state index is -0.693. The summed E-state index contributed by atoms with van der Waals surface area (Å²) in [4.78, 5) is 33.5. The number of anilines is 2. The van der Waals surface area contributed by atoms with Crippen LogP contribution in [0.25, 0.3) is 11.5 Å². The molecule has 0 unspecified atom stereocenters. The number of hydrogen-bond donors (Lipinski definition) is 3. The first-order valence-corrected chi connectivity index (χ1v) is 11.8. The van der Waals surface area contributed by atoms with Crippen molar-refractivity contribution in [1.82, 2.24) is 19.7 Å². The molecule has 0 saturated heterocycles. The summed E-state index contributed by atoms with van der Waals surface area (Å²) >= 11 is 0. The van der Waals surface area contributed by atoms with Gasteiger partial charge in [-0.1, -0.05) is 6.92 Å². The molecule has 0 spiro atoms. The fraction of sp³-hybridized carbons (Fsp3) is 0.458. The Morgan fingerprint density at radius 3 is 2.74 bits per heavy atom. The Hall–Kier alpha value is -3.69. The first-order valence-electron chi connectivity index (χ1n) is 11.8. The Morgan fingerprint density at radius 1 is 1.21 bits per heavy atom. The molecule has 0 atom stereocenters. The van der Waals surface area contributed by atoms with Gasteiger partial charge in [0.15, 0.2) is 11.4 Å². The normalized spacial score (nSPS) is 20.1. The maximum atomic E-state index is 12.9. The van der Waals surface area contributed by atoms with Gasteiger partial charge in [0.05, 0.1) is 11.7 Å². The number of aromatic nitrogens is 4. The smallest absolute Gasteiger partial charge is 0.277 e. The topological polar surface area (TPSA) is 141 Å². The number of primary amides is 1. The van der Waals surface area contributed by atoms with Crippen LogP contribution in [0.4, 0.5) is 11.5 Å². The van der Waals surface area contributed by atoms with Crippen LogP contribution in [0.15, 0.2) is 35.2 Å². The molecular weight excluding hydrogens is 434 g/mol. The quantitative estimate of drug-likeness (QED) is 0.460. The van der Waals surface area contributed by atoms with Crippen LogP contribution >= 0.6 is 0 Å². The fourth-order valence-electron chi connectivity index (χ4n) is 4.29. The van der Waals surface area contributed by atoms with Gasteiger partial charge in [-0.3, -0.25) is 14.3 Å². The molecule has 2 aliphatic rings. The summed E-state index contributed by atoms with van der Waals surface area (Å²) in [6.45, 7) is 3.13. The SMILES string of the molecule is CC1CCC(n2cc(NC(=O)c3coc(-c4ccnc(NCC5CC5)c4)n3)c(C(N)=O)n2)CC1. The zero-order valence-electron chi connectivity index (χ0n) is 19.2. The van der Waals surface area contributed by atoms with E-state index in [0.717, 1.165) is 44.0 Å². The second kappa shape index (κ2) is 9.28. The molecule has 0 radical (unpaired) electrons. The highest BCUT2D eigenvalue weighted by Crippen LogP contribution is 2.33. The van der Waals surface area contributed by atoms with E-state index in [9.17, 15) is 9.59 Å². The highest BCUT2D eigenvalue weighted by Gasteiger charge is 2.25. The molecule has 2 aliphatic carbocycles. The predicted octanol–water partition coefficient (Wildman–Crippen LogP) is 3.86. The lowest BCUT2D eigenvalue weighted by atomic mass is 9.87. The highest BCUT2D eigenvalue weighted by atomic mass is 16.3. The van der Waals surface area contributed by atoms with E-state index in [0.29, 0.717) is 17.4 Å². The average Bonchev–Trinajstić information content (AvgIpc) is 3.35. The average molecular weight is 464 g/mol. The summed E-state index contributed by atoms with van der Waals surface area (Å²) < 4.78 is 7.30. The molecule has 0 aliphatic heterocycles. The van der Waals surface area contributed by atoms with Crippen molar-refractivity contribution >= 4 is 23.3 Å². The third-order valence-corrected chi connectivity index (χ3v) is 6.59. The van der Waals surface area contributed by atoms with Gasteiger partial charge in [-0.25, -0.2) is 9.97 Å². The summed E-state index contributed by atoms with van der Waals surface area (Å²) in [5.41, 5.74) is 6.64. The van der Waals surface area contributed by atoms with E-state index in [4.69, 9.17) is 10.2 Å². The van der Waals surface area contributed by atoms with Gasteiger partial charge in [0.2, 0.25) is 5.89 Å². The van der Waals surface area contributed by atoms with Gasteiger partial charge in [0, 0.05) is 24.5 Å². The van der Waals surface area contributed by atoms with Gasteiger partial charge in [-0.2, -0.15) is 5.10 Å². The number of hydrogen-bond acceptors (Lipinski definition) is 7. The molecule has 0 aromatic carbocycles. The van der Waals surface area contributed by atoms with E-state index in [-0.39, 0.29) is 23.1 Å². The number of pyridine rings is 1.